The quantitative estimate of drug-likeness (QED) is 0.844. The van der Waals surface area contributed by atoms with Crippen molar-refractivity contribution in [3.8, 4) is 11.5 Å². The molecule has 26 heavy (non-hydrogen) atoms. The average molecular weight is 351 g/mol. The summed E-state index contributed by atoms with van der Waals surface area (Å²) >= 11 is 0. The molecule has 1 amide bonds. The maximum Gasteiger partial charge on any atom is 0.267 e. The van der Waals surface area contributed by atoms with Gasteiger partial charge in [-0.15, -0.1) is 0 Å². The van der Waals surface area contributed by atoms with Crippen molar-refractivity contribution in [1.82, 2.24) is 4.90 Å². The Morgan fingerprint density at radius 1 is 1.08 bits per heavy atom. The normalized spacial score (nSPS) is 21.0. The standard InChI is InChI=1S/C22H25NO3/c1-2-13-23(18-12-11-16-7-3-4-8-17(16)14-18)22(24)21-15-25-19-9-5-6-10-20(19)26-21/h3-10,18,21H,2,11-15H2,1H3. The summed E-state index contributed by atoms with van der Waals surface area (Å²) in [6.45, 7) is 3.15. The van der Waals surface area contributed by atoms with Gasteiger partial charge >= 0.3 is 0 Å². The summed E-state index contributed by atoms with van der Waals surface area (Å²) in [5.74, 6) is 1.42. The zero-order chi connectivity index (χ0) is 17.9. The highest BCUT2D eigenvalue weighted by atomic mass is 16.6. The first kappa shape index (κ1) is 17.0. The molecule has 136 valence electrons. The minimum atomic E-state index is -0.561. The van der Waals surface area contributed by atoms with Crippen LogP contribution in [0.3, 0.4) is 0 Å². The lowest BCUT2D eigenvalue weighted by Crippen LogP contribution is -2.52. The van der Waals surface area contributed by atoms with Crippen molar-refractivity contribution in [2.45, 2.75) is 44.8 Å². The molecule has 2 aromatic carbocycles. The van der Waals surface area contributed by atoms with E-state index in [1.54, 1.807) is 0 Å². The minimum Gasteiger partial charge on any atom is -0.485 e. The Morgan fingerprint density at radius 3 is 2.62 bits per heavy atom. The Hall–Kier alpha value is -2.49. The summed E-state index contributed by atoms with van der Waals surface area (Å²) in [7, 11) is 0. The number of aryl methyl sites for hydroxylation is 1. The second-order valence-electron chi connectivity index (χ2n) is 7.06. The number of rotatable bonds is 4. The van der Waals surface area contributed by atoms with Crippen molar-refractivity contribution >= 4 is 5.91 Å². The number of hydrogen-bond acceptors (Lipinski definition) is 3. The second kappa shape index (κ2) is 7.40. The third-order valence-corrected chi connectivity index (χ3v) is 5.29. The maximum atomic E-state index is 13.2. The Balaban J connectivity index is 1.51. The van der Waals surface area contributed by atoms with Crippen LogP contribution in [0.2, 0.25) is 0 Å². The second-order valence-corrected chi connectivity index (χ2v) is 7.06. The van der Waals surface area contributed by atoms with Crippen LogP contribution in [0.4, 0.5) is 0 Å². The van der Waals surface area contributed by atoms with E-state index in [-0.39, 0.29) is 18.6 Å². The van der Waals surface area contributed by atoms with Gasteiger partial charge in [-0.25, -0.2) is 0 Å². The topological polar surface area (TPSA) is 38.8 Å². The highest BCUT2D eigenvalue weighted by Gasteiger charge is 2.35. The van der Waals surface area contributed by atoms with Gasteiger partial charge < -0.3 is 14.4 Å². The van der Waals surface area contributed by atoms with Crippen molar-refractivity contribution in [3.63, 3.8) is 0 Å². The summed E-state index contributed by atoms with van der Waals surface area (Å²) < 4.78 is 11.7. The van der Waals surface area contributed by atoms with Gasteiger partial charge in [0.15, 0.2) is 11.5 Å². The van der Waals surface area contributed by atoms with E-state index in [1.165, 1.54) is 11.1 Å². The first-order chi connectivity index (χ1) is 12.8. The lowest BCUT2D eigenvalue weighted by Gasteiger charge is -2.38. The largest absolute Gasteiger partial charge is 0.485 e. The van der Waals surface area contributed by atoms with Gasteiger partial charge in [-0.3, -0.25) is 4.79 Å². The van der Waals surface area contributed by atoms with Gasteiger partial charge in [0.2, 0.25) is 6.10 Å². The van der Waals surface area contributed by atoms with Crippen LogP contribution in [0.1, 0.15) is 30.9 Å². The number of nitrogens with zero attached hydrogens (tertiary/aromatic N) is 1. The van der Waals surface area contributed by atoms with Gasteiger partial charge in [-0.2, -0.15) is 0 Å². The van der Waals surface area contributed by atoms with Crippen molar-refractivity contribution in [1.29, 1.82) is 0 Å². The van der Waals surface area contributed by atoms with Crippen LogP contribution in [0, 0.1) is 0 Å². The van der Waals surface area contributed by atoms with E-state index in [4.69, 9.17) is 9.47 Å². The minimum absolute atomic E-state index is 0.0470. The van der Waals surface area contributed by atoms with Gasteiger partial charge in [0, 0.05) is 12.6 Å². The number of hydrogen-bond donors (Lipinski definition) is 0. The van der Waals surface area contributed by atoms with Gasteiger partial charge in [0.05, 0.1) is 0 Å². The van der Waals surface area contributed by atoms with Crippen LogP contribution in [-0.4, -0.2) is 36.1 Å². The zero-order valence-electron chi connectivity index (χ0n) is 15.2. The Kier molecular flexibility index (Phi) is 4.83. The Labute approximate surface area is 154 Å². The van der Waals surface area contributed by atoms with Crippen LogP contribution in [0.15, 0.2) is 48.5 Å². The van der Waals surface area contributed by atoms with Gasteiger partial charge in [-0.05, 0) is 48.9 Å². The van der Waals surface area contributed by atoms with Crippen LogP contribution in [0.25, 0.3) is 0 Å². The summed E-state index contributed by atoms with van der Waals surface area (Å²) in [6.07, 6.45) is 3.33. The monoisotopic (exact) mass is 351 g/mol. The summed E-state index contributed by atoms with van der Waals surface area (Å²) in [5, 5.41) is 0. The van der Waals surface area contributed by atoms with E-state index >= 15 is 0 Å². The molecular weight excluding hydrogens is 326 g/mol. The molecule has 0 N–H and O–H groups in total. The maximum absolute atomic E-state index is 13.2. The molecule has 4 nitrogen and oxygen atoms in total. The predicted molar refractivity (Wildman–Crippen MR) is 101 cm³/mol. The molecule has 0 aromatic heterocycles. The van der Waals surface area contributed by atoms with E-state index in [2.05, 4.69) is 31.2 Å². The number of benzene rings is 2. The highest BCUT2D eigenvalue weighted by Crippen LogP contribution is 2.32. The number of carbonyl (C=O) groups excluding carboxylic acids is 1. The van der Waals surface area contributed by atoms with Gasteiger partial charge in [0.1, 0.15) is 6.61 Å². The van der Waals surface area contributed by atoms with Gasteiger partial charge in [0.25, 0.3) is 5.91 Å². The molecule has 1 aliphatic carbocycles. The lowest BCUT2D eigenvalue weighted by molar-refractivity contribution is -0.144. The SMILES string of the molecule is CCCN(C(=O)C1COc2ccccc2O1)C1CCc2ccccc2C1. The fourth-order valence-electron chi connectivity index (χ4n) is 3.98. The fourth-order valence-corrected chi connectivity index (χ4v) is 3.98. The van der Waals surface area contributed by atoms with E-state index in [1.807, 2.05) is 29.2 Å². The molecule has 0 saturated carbocycles. The predicted octanol–water partition coefficient (Wildman–Crippen LogP) is 3.62. The number of fused-ring (bicyclic) bond motifs is 2. The first-order valence-electron chi connectivity index (χ1n) is 9.52. The molecule has 2 unspecified atom stereocenters. The van der Waals surface area contributed by atoms with Crippen LogP contribution < -0.4 is 9.47 Å². The smallest absolute Gasteiger partial charge is 0.267 e. The first-order valence-corrected chi connectivity index (χ1v) is 9.52. The van der Waals surface area contributed by atoms with Crippen LogP contribution >= 0.6 is 0 Å². The van der Waals surface area contributed by atoms with Crippen LogP contribution in [0.5, 0.6) is 11.5 Å². The molecule has 0 radical (unpaired) electrons. The van der Waals surface area contributed by atoms with Crippen molar-refractivity contribution < 1.29 is 14.3 Å². The molecule has 0 saturated heterocycles. The summed E-state index contributed by atoms with van der Waals surface area (Å²) in [4.78, 5) is 15.3. The molecule has 2 aromatic rings. The van der Waals surface area contributed by atoms with Crippen molar-refractivity contribution in [2.75, 3.05) is 13.2 Å². The number of amides is 1. The third-order valence-electron chi connectivity index (χ3n) is 5.29. The van der Waals surface area contributed by atoms with E-state index < -0.39 is 6.10 Å². The molecule has 1 aliphatic heterocycles. The summed E-state index contributed by atoms with van der Waals surface area (Å²) in [6, 6.07) is 16.3. The van der Waals surface area contributed by atoms with E-state index in [0.717, 1.165) is 32.2 Å². The molecule has 1 heterocycles. The third kappa shape index (κ3) is 3.28. The Bertz CT molecular complexity index is 788. The lowest BCUT2D eigenvalue weighted by atomic mass is 9.87. The average Bonchev–Trinajstić information content (AvgIpc) is 2.71. The molecule has 2 atom stereocenters. The number of carbonyl (C=O) groups is 1. The molecular formula is C22H25NO3. The molecule has 0 fully saturated rings. The molecule has 4 heteroatoms. The molecule has 2 aliphatic rings. The highest BCUT2D eigenvalue weighted by molar-refractivity contribution is 5.82. The number of ether oxygens (including phenoxy) is 2. The van der Waals surface area contributed by atoms with Crippen LogP contribution in [-0.2, 0) is 17.6 Å². The number of para-hydroxylation sites is 2. The summed E-state index contributed by atoms with van der Waals surface area (Å²) in [5.41, 5.74) is 2.78. The van der Waals surface area contributed by atoms with Gasteiger partial charge in [-0.1, -0.05) is 43.3 Å². The zero-order valence-corrected chi connectivity index (χ0v) is 15.2. The van der Waals surface area contributed by atoms with E-state index in [9.17, 15) is 4.79 Å². The Morgan fingerprint density at radius 2 is 1.81 bits per heavy atom. The van der Waals surface area contributed by atoms with Crippen molar-refractivity contribution in [3.05, 3.63) is 59.7 Å². The molecule has 0 bridgehead atoms. The van der Waals surface area contributed by atoms with Crippen molar-refractivity contribution in [2.24, 2.45) is 0 Å². The fraction of sp³-hybridized carbons (Fsp3) is 0.409. The molecule has 0 spiro atoms. The van der Waals surface area contributed by atoms with E-state index in [0.29, 0.717) is 11.5 Å². The molecule has 4 rings (SSSR count).